The maximum atomic E-state index is 10.8. The highest BCUT2D eigenvalue weighted by atomic mass is 32.2. The molecule has 0 fully saturated rings. The highest BCUT2D eigenvalue weighted by molar-refractivity contribution is 7.85. The Morgan fingerprint density at radius 1 is 1.50 bits per heavy atom. The summed E-state index contributed by atoms with van der Waals surface area (Å²) in [5.41, 5.74) is 1.84. The summed E-state index contributed by atoms with van der Waals surface area (Å²) in [7, 11) is -4.09. The highest BCUT2D eigenvalue weighted by Crippen LogP contribution is 2.15. The van der Waals surface area contributed by atoms with Crippen LogP contribution in [0.2, 0.25) is 0 Å². The van der Waals surface area contributed by atoms with E-state index in [1.807, 2.05) is 6.92 Å². The van der Waals surface area contributed by atoms with Crippen LogP contribution in [0.25, 0.3) is 0 Å². The molecule has 0 aliphatic heterocycles. The molecule has 0 unspecified atom stereocenters. The van der Waals surface area contributed by atoms with Gasteiger partial charge >= 0.3 is 0 Å². The van der Waals surface area contributed by atoms with E-state index in [1.54, 1.807) is 12.1 Å². The second-order valence-electron chi connectivity index (χ2n) is 3.06. The lowest BCUT2D eigenvalue weighted by molar-refractivity contribution is 0.483. The van der Waals surface area contributed by atoms with Crippen molar-refractivity contribution in [1.82, 2.24) is 0 Å². The van der Waals surface area contributed by atoms with E-state index in [-0.39, 0.29) is 4.90 Å². The lowest BCUT2D eigenvalue weighted by Crippen LogP contribution is -1.99. The molecule has 0 bridgehead atoms. The van der Waals surface area contributed by atoms with Crippen molar-refractivity contribution < 1.29 is 13.0 Å². The average Bonchev–Trinajstić information content (AvgIpc) is 2.07. The van der Waals surface area contributed by atoms with E-state index < -0.39 is 10.1 Å². The molecule has 0 amide bonds. The molecule has 0 aliphatic carbocycles. The Morgan fingerprint density at radius 2 is 2.14 bits per heavy atom. The van der Waals surface area contributed by atoms with Crippen LogP contribution in [0.15, 0.2) is 35.7 Å². The first kappa shape index (κ1) is 10.9. The Morgan fingerprint density at radius 3 is 2.64 bits per heavy atom. The SMILES string of the molecule is C=CCc1cc(S(=O)(=O)O)ccc1C. The number of hydrogen-bond donors (Lipinski definition) is 1. The standard InChI is InChI=1S/C10H12O3S/c1-3-4-9-7-10(14(11,12)13)6-5-8(9)2/h3,5-7H,1,4H2,2H3,(H,11,12,13). The molecule has 0 aromatic heterocycles. The zero-order valence-electron chi connectivity index (χ0n) is 7.90. The van der Waals surface area contributed by atoms with Gasteiger partial charge in [-0.2, -0.15) is 8.42 Å². The van der Waals surface area contributed by atoms with E-state index in [0.717, 1.165) is 11.1 Å². The number of rotatable bonds is 3. The summed E-state index contributed by atoms with van der Waals surface area (Å²) < 4.78 is 30.5. The Labute approximate surface area is 83.8 Å². The van der Waals surface area contributed by atoms with Gasteiger partial charge in [0.15, 0.2) is 0 Å². The van der Waals surface area contributed by atoms with Gasteiger partial charge in [-0.1, -0.05) is 12.1 Å². The van der Waals surface area contributed by atoms with Crippen LogP contribution in [0.5, 0.6) is 0 Å². The average molecular weight is 212 g/mol. The van der Waals surface area contributed by atoms with Gasteiger partial charge in [0.05, 0.1) is 4.90 Å². The fourth-order valence-corrected chi connectivity index (χ4v) is 1.71. The first-order chi connectivity index (χ1) is 6.45. The van der Waals surface area contributed by atoms with Crippen molar-refractivity contribution in [2.75, 3.05) is 0 Å². The Balaban J connectivity index is 3.26. The maximum absolute atomic E-state index is 10.8. The van der Waals surface area contributed by atoms with Crippen LogP contribution in [0.3, 0.4) is 0 Å². The van der Waals surface area contributed by atoms with Crippen molar-refractivity contribution >= 4 is 10.1 Å². The predicted molar refractivity (Wildman–Crippen MR) is 54.9 cm³/mol. The molecule has 0 atom stereocenters. The molecule has 1 aromatic carbocycles. The molecular formula is C10H12O3S. The molecular weight excluding hydrogens is 200 g/mol. The summed E-state index contributed by atoms with van der Waals surface area (Å²) in [6, 6.07) is 4.52. The quantitative estimate of drug-likeness (QED) is 0.615. The van der Waals surface area contributed by atoms with Gasteiger partial charge in [-0.05, 0) is 36.6 Å². The van der Waals surface area contributed by atoms with E-state index >= 15 is 0 Å². The normalized spacial score (nSPS) is 11.3. The van der Waals surface area contributed by atoms with Gasteiger partial charge in [0, 0.05) is 0 Å². The second-order valence-corrected chi connectivity index (χ2v) is 4.48. The minimum Gasteiger partial charge on any atom is -0.282 e. The zero-order chi connectivity index (χ0) is 10.8. The van der Waals surface area contributed by atoms with Crippen LogP contribution in [-0.4, -0.2) is 13.0 Å². The van der Waals surface area contributed by atoms with Crippen LogP contribution in [0, 0.1) is 6.92 Å². The van der Waals surface area contributed by atoms with Crippen LogP contribution in [0.1, 0.15) is 11.1 Å². The fourth-order valence-electron chi connectivity index (χ4n) is 1.18. The molecule has 0 aliphatic rings. The predicted octanol–water partition coefficient (Wildman–Crippen LogP) is 1.97. The molecule has 76 valence electrons. The molecule has 1 N–H and O–H groups in total. The van der Waals surface area contributed by atoms with Crippen molar-refractivity contribution in [1.29, 1.82) is 0 Å². The molecule has 14 heavy (non-hydrogen) atoms. The summed E-state index contributed by atoms with van der Waals surface area (Å²) >= 11 is 0. The van der Waals surface area contributed by atoms with Gasteiger partial charge in [-0.25, -0.2) is 0 Å². The summed E-state index contributed by atoms with van der Waals surface area (Å²) in [5.74, 6) is 0. The van der Waals surface area contributed by atoms with Crippen molar-refractivity contribution in [3.63, 3.8) is 0 Å². The Bertz CT molecular complexity index is 446. The van der Waals surface area contributed by atoms with Gasteiger partial charge in [-0.3, -0.25) is 4.55 Å². The van der Waals surface area contributed by atoms with E-state index in [4.69, 9.17) is 4.55 Å². The van der Waals surface area contributed by atoms with Crippen molar-refractivity contribution in [2.45, 2.75) is 18.2 Å². The van der Waals surface area contributed by atoms with Crippen LogP contribution in [0.4, 0.5) is 0 Å². The van der Waals surface area contributed by atoms with Crippen molar-refractivity contribution in [3.8, 4) is 0 Å². The van der Waals surface area contributed by atoms with Gasteiger partial charge in [0.2, 0.25) is 0 Å². The number of allylic oxidation sites excluding steroid dienone is 1. The highest BCUT2D eigenvalue weighted by Gasteiger charge is 2.10. The molecule has 0 saturated heterocycles. The smallest absolute Gasteiger partial charge is 0.282 e. The third kappa shape index (κ3) is 2.43. The molecule has 0 radical (unpaired) electrons. The van der Waals surface area contributed by atoms with Crippen LogP contribution < -0.4 is 0 Å². The lowest BCUT2D eigenvalue weighted by atomic mass is 10.1. The lowest BCUT2D eigenvalue weighted by Gasteiger charge is -2.04. The van der Waals surface area contributed by atoms with Gasteiger partial charge in [0.1, 0.15) is 0 Å². The van der Waals surface area contributed by atoms with E-state index in [0.29, 0.717) is 6.42 Å². The molecule has 4 heteroatoms. The summed E-state index contributed by atoms with van der Waals surface area (Å²) in [6.45, 7) is 5.46. The summed E-state index contributed by atoms with van der Waals surface area (Å²) in [6.07, 6.45) is 2.28. The minimum atomic E-state index is -4.09. The van der Waals surface area contributed by atoms with Crippen LogP contribution in [-0.2, 0) is 16.5 Å². The molecule has 0 saturated carbocycles. The first-order valence-electron chi connectivity index (χ1n) is 4.13. The number of aryl methyl sites for hydroxylation is 1. The third-order valence-corrected chi connectivity index (χ3v) is 2.83. The number of benzene rings is 1. The van der Waals surface area contributed by atoms with Crippen LogP contribution >= 0.6 is 0 Å². The molecule has 1 aromatic rings. The minimum absolute atomic E-state index is 0.0695. The largest absolute Gasteiger partial charge is 0.294 e. The number of hydrogen-bond acceptors (Lipinski definition) is 2. The molecule has 0 heterocycles. The second kappa shape index (κ2) is 3.94. The van der Waals surface area contributed by atoms with E-state index in [1.165, 1.54) is 12.1 Å². The van der Waals surface area contributed by atoms with Crippen molar-refractivity contribution in [2.24, 2.45) is 0 Å². The Hall–Kier alpha value is -1.13. The first-order valence-corrected chi connectivity index (χ1v) is 5.57. The molecule has 1 rings (SSSR count). The third-order valence-electron chi connectivity index (χ3n) is 1.98. The van der Waals surface area contributed by atoms with Gasteiger partial charge in [-0.15, -0.1) is 6.58 Å². The summed E-state index contributed by atoms with van der Waals surface area (Å²) in [4.78, 5) is -0.0695. The monoisotopic (exact) mass is 212 g/mol. The van der Waals surface area contributed by atoms with Gasteiger partial charge in [0.25, 0.3) is 10.1 Å². The zero-order valence-corrected chi connectivity index (χ0v) is 8.71. The topological polar surface area (TPSA) is 54.4 Å². The van der Waals surface area contributed by atoms with Gasteiger partial charge < -0.3 is 0 Å². The maximum Gasteiger partial charge on any atom is 0.294 e. The fraction of sp³-hybridized carbons (Fsp3) is 0.200. The molecule has 0 spiro atoms. The van der Waals surface area contributed by atoms with E-state index in [2.05, 4.69) is 6.58 Å². The molecule has 3 nitrogen and oxygen atoms in total. The summed E-state index contributed by atoms with van der Waals surface area (Å²) in [5, 5.41) is 0. The van der Waals surface area contributed by atoms with E-state index in [9.17, 15) is 8.42 Å². The Kier molecular flexibility index (Phi) is 3.08. The van der Waals surface area contributed by atoms with Crippen molar-refractivity contribution in [3.05, 3.63) is 42.0 Å².